The second-order valence-corrected chi connectivity index (χ2v) is 5.11. The fourth-order valence-corrected chi connectivity index (χ4v) is 2.47. The minimum Gasteiger partial charge on any atom is -0.395 e. The summed E-state index contributed by atoms with van der Waals surface area (Å²) in [6.45, 7) is 4.45. The van der Waals surface area contributed by atoms with Gasteiger partial charge in [-0.2, -0.15) is 0 Å². The van der Waals surface area contributed by atoms with Crippen molar-refractivity contribution in [3.8, 4) is 0 Å². The van der Waals surface area contributed by atoms with Crippen LogP contribution < -0.4 is 5.32 Å². The third kappa shape index (κ3) is 5.36. The highest BCUT2D eigenvalue weighted by atomic mass is 16.3. The average molecular weight is 256 g/mol. The van der Waals surface area contributed by atoms with Crippen molar-refractivity contribution in [2.45, 2.75) is 57.9 Å². The Kier molecular flexibility index (Phi) is 8.01. The van der Waals surface area contributed by atoms with E-state index in [4.69, 9.17) is 5.11 Å². The van der Waals surface area contributed by atoms with Gasteiger partial charge >= 0.3 is 0 Å². The van der Waals surface area contributed by atoms with Crippen LogP contribution in [0.15, 0.2) is 0 Å². The first-order chi connectivity index (χ1) is 8.79. The summed E-state index contributed by atoms with van der Waals surface area (Å²) in [6.07, 6.45) is 7.89. The standard InChI is InChI=1S/C14H28N2O2/c1-2-3-4-7-10-16(11-12-17)14(18)13-8-5-6-9-15-13/h13,15,17H,2-12H2,1H3/t13-/m1/s1. The highest BCUT2D eigenvalue weighted by molar-refractivity contribution is 5.82. The number of nitrogens with one attached hydrogen (secondary N) is 1. The lowest BCUT2D eigenvalue weighted by atomic mass is 10.0. The Morgan fingerprint density at radius 2 is 2.11 bits per heavy atom. The summed E-state index contributed by atoms with van der Waals surface area (Å²) in [5, 5.41) is 12.4. The monoisotopic (exact) mass is 256 g/mol. The van der Waals surface area contributed by atoms with E-state index >= 15 is 0 Å². The summed E-state index contributed by atoms with van der Waals surface area (Å²) < 4.78 is 0. The number of aliphatic hydroxyl groups excluding tert-OH is 1. The molecule has 2 N–H and O–H groups in total. The molecule has 0 bridgehead atoms. The molecule has 0 aromatic rings. The van der Waals surface area contributed by atoms with Crippen molar-refractivity contribution in [2.75, 3.05) is 26.2 Å². The lowest BCUT2D eigenvalue weighted by Crippen LogP contribution is -2.49. The van der Waals surface area contributed by atoms with Gasteiger partial charge < -0.3 is 15.3 Å². The first-order valence-electron chi connectivity index (χ1n) is 7.42. The molecule has 1 rings (SSSR count). The summed E-state index contributed by atoms with van der Waals surface area (Å²) in [5.74, 6) is 0.181. The zero-order valence-corrected chi connectivity index (χ0v) is 11.7. The molecule has 1 aliphatic rings. The van der Waals surface area contributed by atoms with Gasteiger partial charge in [0, 0.05) is 13.1 Å². The van der Waals surface area contributed by atoms with Crippen LogP contribution in [0.25, 0.3) is 0 Å². The van der Waals surface area contributed by atoms with Crippen LogP contribution in [0.4, 0.5) is 0 Å². The fraction of sp³-hybridized carbons (Fsp3) is 0.929. The Morgan fingerprint density at radius 1 is 1.28 bits per heavy atom. The Balaban J connectivity index is 2.35. The molecule has 1 amide bonds. The molecule has 0 spiro atoms. The van der Waals surface area contributed by atoms with Gasteiger partial charge in [0.25, 0.3) is 0 Å². The van der Waals surface area contributed by atoms with Gasteiger partial charge in [0.1, 0.15) is 0 Å². The molecule has 0 saturated carbocycles. The quantitative estimate of drug-likeness (QED) is 0.648. The number of rotatable bonds is 8. The third-order valence-corrected chi connectivity index (χ3v) is 3.57. The zero-order chi connectivity index (χ0) is 13.2. The molecule has 1 atom stereocenters. The smallest absolute Gasteiger partial charge is 0.239 e. The summed E-state index contributed by atoms with van der Waals surface area (Å²) in [6, 6.07) is -0.0172. The van der Waals surface area contributed by atoms with Gasteiger partial charge in [0.05, 0.1) is 12.6 Å². The van der Waals surface area contributed by atoms with Crippen molar-refractivity contribution in [3.05, 3.63) is 0 Å². The molecular weight excluding hydrogens is 228 g/mol. The van der Waals surface area contributed by atoms with Gasteiger partial charge in [-0.15, -0.1) is 0 Å². The van der Waals surface area contributed by atoms with Crippen molar-refractivity contribution in [1.82, 2.24) is 10.2 Å². The minimum atomic E-state index is -0.0172. The van der Waals surface area contributed by atoms with Crippen LogP contribution in [-0.4, -0.2) is 48.2 Å². The maximum atomic E-state index is 12.3. The zero-order valence-electron chi connectivity index (χ0n) is 11.7. The molecule has 1 aliphatic heterocycles. The number of nitrogens with zero attached hydrogens (tertiary/aromatic N) is 1. The lowest BCUT2D eigenvalue weighted by Gasteiger charge is -2.29. The molecule has 1 heterocycles. The number of amides is 1. The molecule has 0 aromatic heterocycles. The molecule has 0 radical (unpaired) electrons. The molecule has 1 fully saturated rings. The number of aliphatic hydroxyl groups is 1. The number of hydrogen-bond donors (Lipinski definition) is 2. The number of carbonyl (C=O) groups excluding carboxylic acids is 1. The van der Waals surface area contributed by atoms with Crippen LogP contribution in [0, 0.1) is 0 Å². The first kappa shape index (κ1) is 15.4. The van der Waals surface area contributed by atoms with E-state index in [1.54, 1.807) is 0 Å². The fourth-order valence-electron chi connectivity index (χ4n) is 2.47. The van der Waals surface area contributed by atoms with E-state index in [0.29, 0.717) is 6.54 Å². The topological polar surface area (TPSA) is 52.6 Å². The number of carbonyl (C=O) groups is 1. The second-order valence-electron chi connectivity index (χ2n) is 5.11. The van der Waals surface area contributed by atoms with Gasteiger partial charge in [-0.3, -0.25) is 4.79 Å². The van der Waals surface area contributed by atoms with Crippen molar-refractivity contribution in [3.63, 3.8) is 0 Å². The Morgan fingerprint density at radius 3 is 2.72 bits per heavy atom. The lowest BCUT2D eigenvalue weighted by molar-refractivity contribution is -0.134. The van der Waals surface area contributed by atoms with E-state index in [9.17, 15) is 4.79 Å². The molecule has 106 valence electrons. The molecular formula is C14H28N2O2. The predicted molar refractivity (Wildman–Crippen MR) is 73.4 cm³/mol. The van der Waals surface area contributed by atoms with E-state index in [-0.39, 0.29) is 18.6 Å². The van der Waals surface area contributed by atoms with Crippen LogP contribution in [0.2, 0.25) is 0 Å². The molecule has 0 aliphatic carbocycles. The first-order valence-corrected chi connectivity index (χ1v) is 7.42. The highest BCUT2D eigenvalue weighted by Gasteiger charge is 2.24. The van der Waals surface area contributed by atoms with E-state index in [2.05, 4.69) is 12.2 Å². The summed E-state index contributed by atoms with van der Waals surface area (Å²) in [5.41, 5.74) is 0. The number of unbranched alkanes of at least 4 members (excludes halogenated alkanes) is 3. The van der Waals surface area contributed by atoms with Gasteiger partial charge in [-0.1, -0.05) is 32.6 Å². The normalized spacial score (nSPS) is 19.8. The van der Waals surface area contributed by atoms with Gasteiger partial charge in [-0.05, 0) is 25.8 Å². The summed E-state index contributed by atoms with van der Waals surface area (Å²) in [7, 11) is 0. The van der Waals surface area contributed by atoms with Crippen molar-refractivity contribution >= 4 is 5.91 Å². The largest absolute Gasteiger partial charge is 0.395 e. The van der Waals surface area contributed by atoms with E-state index in [1.165, 1.54) is 25.7 Å². The number of hydrogen-bond acceptors (Lipinski definition) is 3. The minimum absolute atomic E-state index is 0.0172. The Labute approximate surface area is 111 Å². The van der Waals surface area contributed by atoms with Gasteiger partial charge in [0.2, 0.25) is 5.91 Å². The van der Waals surface area contributed by atoms with Crippen molar-refractivity contribution in [1.29, 1.82) is 0 Å². The Hall–Kier alpha value is -0.610. The molecule has 0 aromatic carbocycles. The van der Waals surface area contributed by atoms with Gasteiger partial charge in [-0.25, -0.2) is 0 Å². The van der Waals surface area contributed by atoms with Crippen LogP contribution >= 0.6 is 0 Å². The maximum absolute atomic E-state index is 12.3. The van der Waals surface area contributed by atoms with E-state index < -0.39 is 0 Å². The molecule has 18 heavy (non-hydrogen) atoms. The third-order valence-electron chi connectivity index (χ3n) is 3.57. The average Bonchev–Trinajstić information content (AvgIpc) is 2.42. The van der Waals surface area contributed by atoms with Crippen LogP contribution in [-0.2, 0) is 4.79 Å². The van der Waals surface area contributed by atoms with Crippen molar-refractivity contribution < 1.29 is 9.90 Å². The van der Waals surface area contributed by atoms with E-state index in [1.807, 2.05) is 4.90 Å². The summed E-state index contributed by atoms with van der Waals surface area (Å²) in [4.78, 5) is 14.1. The Bertz CT molecular complexity index is 228. The summed E-state index contributed by atoms with van der Waals surface area (Å²) >= 11 is 0. The van der Waals surface area contributed by atoms with Crippen LogP contribution in [0.3, 0.4) is 0 Å². The van der Waals surface area contributed by atoms with Crippen LogP contribution in [0.1, 0.15) is 51.9 Å². The van der Waals surface area contributed by atoms with E-state index in [0.717, 1.165) is 32.4 Å². The van der Waals surface area contributed by atoms with Crippen molar-refractivity contribution in [2.24, 2.45) is 0 Å². The predicted octanol–water partition coefficient (Wildman–Crippen LogP) is 1.53. The SMILES string of the molecule is CCCCCCN(CCO)C(=O)[C@H]1CCCCN1. The molecule has 0 unspecified atom stereocenters. The number of piperidine rings is 1. The molecule has 4 nitrogen and oxygen atoms in total. The van der Waals surface area contributed by atoms with Crippen LogP contribution in [0.5, 0.6) is 0 Å². The maximum Gasteiger partial charge on any atom is 0.239 e. The molecule has 4 heteroatoms. The molecule has 1 saturated heterocycles. The highest BCUT2D eigenvalue weighted by Crippen LogP contribution is 2.11. The van der Waals surface area contributed by atoms with Gasteiger partial charge in [0.15, 0.2) is 0 Å². The second kappa shape index (κ2) is 9.34.